The zero-order valence-electron chi connectivity index (χ0n) is 16.7. The van der Waals surface area contributed by atoms with E-state index in [9.17, 15) is 4.79 Å². The fraction of sp³-hybridized carbons (Fsp3) is 0.273. The van der Waals surface area contributed by atoms with Crippen LogP contribution in [-0.4, -0.2) is 33.4 Å². The number of aromatic nitrogens is 2. The van der Waals surface area contributed by atoms with E-state index < -0.39 is 6.04 Å². The number of imidazole rings is 1. The molecule has 1 aromatic heterocycles. The maximum absolute atomic E-state index is 12.6. The van der Waals surface area contributed by atoms with E-state index >= 15 is 0 Å². The van der Waals surface area contributed by atoms with Gasteiger partial charge in [-0.25, -0.2) is 4.98 Å². The number of carbonyl (C=O) groups excluding carboxylic acids is 1. The van der Waals surface area contributed by atoms with E-state index in [2.05, 4.69) is 17.1 Å². The summed E-state index contributed by atoms with van der Waals surface area (Å²) in [7, 11) is 1.79. The number of rotatable bonds is 7. The molecule has 0 bridgehead atoms. The van der Waals surface area contributed by atoms with Crippen molar-refractivity contribution in [3.8, 4) is 0 Å². The van der Waals surface area contributed by atoms with Gasteiger partial charge in [0.25, 0.3) is 0 Å². The molecule has 2 N–H and O–H groups in total. The summed E-state index contributed by atoms with van der Waals surface area (Å²) < 4.78 is 2.01. The van der Waals surface area contributed by atoms with Crippen molar-refractivity contribution < 1.29 is 4.79 Å². The fourth-order valence-electron chi connectivity index (χ4n) is 3.03. The molecule has 0 fully saturated rings. The Bertz CT molecular complexity index is 881. The Morgan fingerprint density at radius 2 is 1.72 bits per heavy atom. The number of carbonyl (C=O) groups is 1. The van der Waals surface area contributed by atoms with Gasteiger partial charge in [-0.1, -0.05) is 60.2 Å². The smallest absolute Gasteiger partial charge is 0.239 e. The zero-order chi connectivity index (χ0) is 19.2. The summed E-state index contributed by atoms with van der Waals surface area (Å²) >= 11 is 0. The van der Waals surface area contributed by atoms with Crippen molar-refractivity contribution in [3.63, 3.8) is 0 Å². The number of aryl methyl sites for hydroxylation is 1. The fourth-order valence-corrected chi connectivity index (χ4v) is 3.03. The van der Waals surface area contributed by atoms with Crippen LogP contribution in [0.4, 0.5) is 0 Å². The molecule has 1 heterocycles. The Hall–Kier alpha value is -2.34. The molecule has 3 aromatic rings. The molecule has 0 saturated heterocycles. The highest BCUT2D eigenvalue weighted by Gasteiger charge is 2.19. The van der Waals surface area contributed by atoms with Crippen molar-refractivity contribution in [1.29, 1.82) is 0 Å². The quantitative estimate of drug-likeness (QED) is 0.617. The molecule has 0 aliphatic carbocycles. The molecule has 0 aliphatic heterocycles. The average Bonchev–Trinajstić information content (AvgIpc) is 3.10. The van der Waals surface area contributed by atoms with Crippen LogP contribution in [0.2, 0.25) is 0 Å². The largest absolute Gasteiger partial charge is 0.340 e. The van der Waals surface area contributed by atoms with E-state index in [1.807, 2.05) is 60.2 Å². The lowest BCUT2D eigenvalue weighted by molar-refractivity contribution is -0.131. The van der Waals surface area contributed by atoms with Crippen molar-refractivity contribution in [2.45, 2.75) is 32.5 Å². The molecule has 0 unspecified atom stereocenters. The molecule has 0 radical (unpaired) electrons. The number of nitrogens with zero attached hydrogens (tertiary/aromatic N) is 3. The van der Waals surface area contributed by atoms with Crippen molar-refractivity contribution in [2.75, 3.05) is 7.05 Å². The Balaban J connectivity index is 0.00000210. The second-order valence-electron chi connectivity index (χ2n) is 7.01. The number of halogens is 2. The van der Waals surface area contributed by atoms with E-state index in [0.29, 0.717) is 13.0 Å². The highest BCUT2D eigenvalue weighted by molar-refractivity contribution is 5.85. The Labute approximate surface area is 184 Å². The Morgan fingerprint density at radius 3 is 2.38 bits per heavy atom. The van der Waals surface area contributed by atoms with E-state index in [0.717, 1.165) is 17.8 Å². The minimum absolute atomic E-state index is 0. The van der Waals surface area contributed by atoms with Gasteiger partial charge in [0.1, 0.15) is 0 Å². The van der Waals surface area contributed by atoms with Crippen LogP contribution in [0.3, 0.4) is 0 Å². The molecule has 1 atom stereocenters. The lowest BCUT2D eigenvalue weighted by Crippen LogP contribution is -2.42. The van der Waals surface area contributed by atoms with Gasteiger partial charge >= 0.3 is 0 Å². The van der Waals surface area contributed by atoms with Gasteiger partial charge in [-0.2, -0.15) is 0 Å². The van der Waals surface area contributed by atoms with Crippen LogP contribution in [0.25, 0.3) is 0 Å². The highest BCUT2D eigenvalue weighted by atomic mass is 35.5. The average molecular weight is 435 g/mol. The van der Waals surface area contributed by atoms with Crippen LogP contribution in [0.15, 0.2) is 67.1 Å². The first-order chi connectivity index (χ1) is 13.0. The van der Waals surface area contributed by atoms with E-state index in [-0.39, 0.29) is 30.7 Å². The minimum atomic E-state index is -0.597. The molecule has 2 aromatic carbocycles. The summed E-state index contributed by atoms with van der Waals surface area (Å²) in [6.07, 6.45) is 4.18. The summed E-state index contributed by atoms with van der Waals surface area (Å²) in [4.78, 5) is 18.7. The first-order valence-electron chi connectivity index (χ1n) is 9.12. The van der Waals surface area contributed by atoms with E-state index in [1.54, 1.807) is 18.3 Å². The molecule has 156 valence electrons. The molecule has 5 nitrogen and oxygen atoms in total. The third-order valence-corrected chi connectivity index (χ3v) is 4.56. The van der Waals surface area contributed by atoms with Gasteiger partial charge < -0.3 is 15.2 Å². The van der Waals surface area contributed by atoms with Crippen molar-refractivity contribution >= 4 is 30.7 Å². The molecule has 0 spiro atoms. The van der Waals surface area contributed by atoms with Crippen LogP contribution < -0.4 is 5.73 Å². The molecule has 0 aliphatic rings. The topological polar surface area (TPSA) is 64.2 Å². The van der Waals surface area contributed by atoms with Gasteiger partial charge in [0.05, 0.1) is 18.1 Å². The maximum Gasteiger partial charge on any atom is 0.239 e. The second kappa shape index (κ2) is 11.6. The molecule has 1 amide bonds. The van der Waals surface area contributed by atoms with Crippen molar-refractivity contribution in [3.05, 3.63) is 89.5 Å². The third kappa shape index (κ3) is 7.20. The first-order valence-corrected chi connectivity index (χ1v) is 9.12. The number of nitrogens with two attached hydrogens (primary N) is 1. The highest BCUT2D eigenvalue weighted by Crippen LogP contribution is 2.09. The predicted octanol–water partition coefficient (Wildman–Crippen LogP) is 3.61. The summed E-state index contributed by atoms with van der Waals surface area (Å²) in [5.74, 6) is -0.0758. The van der Waals surface area contributed by atoms with Gasteiger partial charge in [-0.3, -0.25) is 4.79 Å². The van der Waals surface area contributed by atoms with Gasteiger partial charge in [0, 0.05) is 32.8 Å². The number of likely N-dealkylation sites (N-methyl/N-ethyl adjacent to an activating group) is 1. The zero-order valence-corrected chi connectivity index (χ0v) is 18.3. The molecule has 0 saturated carbocycles. The second-order valence-corrected chi connectivity index (χ2v) is 7.01. The van der Waals surface area contributed by atoms with Crippen molar-refractivity contribution in [2.24, 2.45) is 5.73 Å². The molecular weight excluding hydrogens is 407 g/mol. The normalized spacial score (nSPS) is 11.1. The molecule has 7 heteroatoms. The minimum Gasteiger partial charge on any atom is -0.340 e. The van der Waals surface area contributed by atoms with Crippen LogP contribution in [0.5, 0.6) is 0 Å². The van der Waals surface area contributed by atoms with E-state index in [1.165, 1.54) is 11.1 Å². The SMILES string of the molecule is Cc1ccc(CN(C)C(=O)[C@@H](N)Cc2cn(Cc3ccccc3)cn2)cc1.Cl.Cl. The Kier molecular flexibility index (Phi) is 9.89. The van der Waals surface area contributed by atoms with Gasteiger partial charge in [-0.05, 0) is 18.1 Å². The number of benzene rings is 2. The van der Waals surface area contributed by atoms with Gasteiger partial charge in [0.2, 0.25) is 5.91 Å². The number of hydrogen-bond acceptors (Lipinski definition) is 3. The summed E-state index contributed by atoms with van der Waals surface area (Å²) in [6, 6.07) is 17.8. The summed E-state index contributed by atoms with van der Waals surface area (Å²) in [5.41, 5.74) is 10.5. The van der Waals surface area contributed by atoms with E-state index in [4.69, 9.17) is 5.73 Å². The predicted molar refractivity (Wildman–Crippen MR) is 122 cm³/mol. The standard InChI is InChI=1S/C22H26N4O.2ClH/c1-17-8-10-19(11-9-17)13-25(2)22(27)21(23)12-20-15-26(16-24-20)14-18-6-4-3-5-7-18;;/h3-11,15-16,21H,12-14,23H2,1-2H3;2*1H/t21-;;/m0../s1. The number of amides is 1. The Morgan fingerprint density at radius 1 is 1.07 bits per heavy atom. The molecular formula is C22H28Cl2N4O. The monoisotopic (exact) mass is 434 g/mol. The third-order valence-electron chi connectivity index (χ3n) is 4.56. The molecule has 3 rings (SSSR count). The van der Waals surface area contributed by atoms with Gasteiger partial charge in [-0.15, -0.1) is 24.8 Å². The van der Waals surface area contributed by atoms with Crippen LogP contribution >= 0.6 is 24.8 Å². The summed E-state index contributed by atoms with van der Waals surface area (Å²) in [6.45, 7) is 3.35. The lowest BCUT2D eigenvalue weighted by atomic mass is 10.1. The van der Waals surface area contributed by atoms with Crippen LogP contribution in [0, 0.1) is 6.92 Å². The number of hydrogen-bond donors (Lipinski definition) is 1. The van der Waals surface area contributed by atoms with Crippen molar-refractivity contribution in [1.82, 2.24) is 14.5 Å². The molecule has 29 heavy (non-hydrogen) atoms. The summed E-state index contributed by atoms with van der Waals surface area (Å²) in [5, 5.41) is 0. The van der Waals surface area contributed by atoms with Gasteiger partial charge in [0.15, 0.2) is 0 Å². The maximum atomic E-state index is 12.6. The first kappa shape index (κ1) is 24.7. The van der Waals surface area contributed by atoms with Crippen LogP contribution in [0.1, 0.15) is 22.4 Å². The van der Waals surface area contributed by atoms with Crippen LogP contribution in [-0.2, 0) is 24.3 Å². The lowest BCUT2D eigenvalue weighted by Gasteiger charge is -2.21.